The predicted molar refractivity (Wildman–Crippen MR) is 54.4 cm³/mol. The summed E-state index contributed by atoms with van der Waals surface area (Å²) in [6.07, 6.45) is 0.249. The van der Waals surface area contributed by atoms with Gasteiger partial charge in [0.15, 0.2) is 0 Å². The van der Waals surface area contributed by atoms with E-state index < -0.39 is 6.10 Å². The number of aliphatic hydroxyl groups is 1. The van der Waals surface area contributed by atoms with E-state index >= 15 is 0 Å². The highest BCUT2D eigenvalue weighted by atomic mass is 16.3. The third-order valence-corrected chi connectivity index (χ3v) is 1.72. The van der Waals surface area contributed by atoms with Crippen molar-refractivity contribution in [3.63, 3.8) is 0 Å². The third-order valence-electron chi connectivity index (χ3n) is 1.72. The molecule has 0 saturated carbocycles. The van der Waals surface area contributed by atoms with Crippen molar-refractivity contribution in [1.29, 1.82) is 0 Å². The molecule has 0 spiro atoms. The Hall–Kier alpha value is -1.36. The van der Waals surface area contributed by atoms with Crippen LogP contribution in [0, 0.1) is 0 Å². The fourth-order valence-electron chi connectivity index (χ4n) is 1.02. The molecule has 14 heavy (non-hydrogen) atoms. The summed E-state index contributed by atoms with van der Waals surface area (Å²) in [5.74, 6) is 0.412. The molecule has 1 atom stereocenters. The summed E-state index contributed by atoms with van der Waals surface area (Å²) in [4.78, 5) is 17.8. The Labute approximate surface area is 82.2 Å². The number of aryl methyl sites for hydroxylation is 1. The van der Waals surface area contributed by atoms with Gasteiger partial charge >= 0.3 is 0 Å². The van der Waals surface area contributed by atoms with E-state index in [1.807, 2.05) is 6.92 Å². The summed E-state index contributed by atoms with van der Waals surface area (Å²) in [5.41, 5.74) is 0.562. The van der Waals surface area contributed by atoms with Gasteiger partial charge in [0.2, 0.25) is 5.95 Å². The Balaban J connectivity index is 2.76. The van der Waals surface area contributed by atoms with Crippen LogP contribution in [0.15, 0.2) is 10.9 Å². The van der Waals surface area contributed by atoms with Crippen molar-refractivity contribution in [3.8, 4) is 0 Å². The molecule has 0 bridgehead atoms. The van der Waals surface area contributed by atoms with Gasteiger partial charge in [0, 0.05) is 18.3 Å². The van der Waals surface area contributed by atoms with E-state index in [0.717, 1.165) is 5.69 Å². The topological polar surface area (TPSA) is 78.0 Å². The fourth-order valence-corrected chi connectivity index (χ4v) is 1.02. The number of aliphatic hydroxyl groups excluding tert-OH is 1. The van der Waals surface area contributed by atoms with Gasteiger partial charge in [0.1, 0.15) is 0 Å². The first kappa shape index (κ1) is 10.7. The van der Waals surface area contributed by atoms with E-state index in [9.17, 15) is 4.79 Å². The lowest BCUT2D eigenvalue weighted by molar-refractivity contribution is 0.208. The number of aromatic nitrogens is 2. The highest BCUT2D eigenvalue weighted by Gasteiger charge is 2.00. The molecule has 5 heteroatoms. The number of rotatable bonds is 4. The molecule has 1 unspecified atom stereocenters. The zero-order valence-corrected chi connectivity index (χ0v) is 8.37. The summed E-state index contributed by atoms with van der Waals surface area (Å²) >= 11 is 0. The molecule has 0 aromatic carbocycles. The van der Waals surface area contributed by atoms with Gasteiger partial charge in [-0.3, -0.25) is 9.78 Å². The van der Waals surface area contributed by atoms with Crippen molar-refractivity contribution in [2.75, 3.05) is 11.9 Å². The van der Waals surface area contributed by atoms with E-state index in [2.05, 4.69) is 15.3 Å². The minimum atomic E-state index is -0.467. The Kier molecular flexibility index (Phi) is 3.64. The van der Waals surface area contributed by atoms with Crippen LogP contribution < -0.4 is 10.9 Å². The lowest BCUT2D eigenvalue weighted by atomic mass is 10.3. The molecule has 78 valence electrons. The number of nitrogens with zero attached hydrogens (tertiary/aromatic N) is 1. The van der Waals surface area contributed by atoms with E-state index in [4.69, 9.17) is 5.11 Å². The highest BCUT2D eigenvalue weighted by molar-refractivity contribution is 5.25. The minimum Gasteiger partial charge on any atom is -0.392 e. The van der Waals surface area contributed by atoms with Crippen LogP contribution in [0.4, 0.5) is 5.95 Å². The second kappa shape index (κ2) is 4.76. The Morgan fingerprint density at radius 3 is 3.00 bits per heavy atom. The van der Waals surface area contributed by atoms with Crippen LogP contribution in [0.25, 0.3) is 0 Å². The standard InChI is InChI=1S/C9H15N3O2/c1-3-7-4-8(14)12-9(11-7)10-5-6(2)13/h4,6,13H,3,5H2,1-2H3,(H2,10,11,12,14). The SMILES string of the molecule is CCc1cc(=O)[nH]c(NCC(C)O)n1. The molecule has 0 radical (unpaired) electrons. The van der Waals surface area contributed by atoms with Gasteiger partial charge in [-0.1, -0.05) is 6.92 Å². The van der Waals surface area contributed by atoms with Crippen LogP contribution in [-0.2, 0) is 6.42 Å². The Morgan fingerprint density at radius 1 is 1.71 bits per heavy atom. The molecular formula is C9H15N3O2. The molecule has 1 aromatic rings. The lowest BCUT2D eigenvalue weighted by Gasteiger charge is -2.07. The number of aromatic amines is 1. The molecular weight excluding hydrogens is 182 g/mol. The van der Waals surface area contributed by atoms with Gasteiger partial charge in [-0.2, -0.15) is 0 Å². The molecule has 0 amide bonds. The van der Waals surface area contributed by atoms with E-state index in [1.54, 1.807) is 6.92 Å². The molecule has 0 saturated heterocycles. The first-order chi connectivity index (χ1) is 6.61. The van der Waals surface area contributed by atoms with Gasteiger partial charge < -0.3 is 10.4 Å². The zero-order valence-electron chi connectivity index (χ0n) is 8.37. The maximum Gasteiger partial charge on any atom is 0.252 e. The number of nitrogens with one attached hydrogen (secondary N) is 2. The summed E-state index contributed by atoms with van der Waals surface area (Å²) < 4.78 is 0. The van der Waals surface area contributed by atoms with Crippen LogP contribution in [0.1, 0.15) is 19.5 Å². The van der Waals surface area contributed by atoms with Gasteiger partial charge in [-0.15, -0.1) is 0 Å². The van der Waals surface area contributed by atoms with Crippen molar-refractivity contribution in [3.05, 3.63) is 22.1 Å². The molecule has 0 aliphatic rings. The third kappa shape index (κ3) is 3.18. The van der Waals surface area contributed by atoms with Crippen LogP contribution in [0.3, 0.4) is 0 Å². The van der Waals surface area contributed by atoms with Crippen LogP contribution in [-0.4, -0.2) is 27.7 Å². The molecule has 1 aromatic heterocycles. The molecule has 0 aliphatic carbocycles. The monoisotopic (exact) mass is 197 g/mol. The second-order valence-corrected chi connectivity index (χ2v) is 3.17. The fraction of sp³-hybridized carbons (Fsp3) is 0.556. The average molecular weight is 197 g/mol. The molecule has 1 heterocycles. The molecule has 0 aliphatic heterocycles. The van der Waals surface area contributed by atoms with Gasteiger partial charge in [-0.05, 0) is 13.3 Å². The van der Waals surface area contributed by atoms with Crippen molar-refractivity contribution in [2.45, 2.75) is 26.4 Å². The lowest BCUT2D eigenvalue weighted by Crippen LogP contribution is -2.20. The van der Waals surface area contributed by atoms with Crippen LogP contribution in [0.5, 0.6) is 0 Å². The first-order valence-corrected chi connectivity index (χ1v) is 4.64. The highest BCUT2D eigenvalue weighted by Crippen LogP contribution is 1.97. The quantitative estimate of drug-likeness (QED) is 0.641. The number of hydrogen-bond donors (Lipinski definition) is 3. The largest absolute Gasteiger partial charge is 0.392 e. The van der Waals surface area contributed by atoms with E-state index in [0.29, 0.717) is 18.9 Å². The van der Waals surface area contributed by atoms with Crippen molar-refractivity contribution < 1.29 is 5.11 Å². The van der Waals surface area contributed by atoms with E-state index in [1.165, 1.54) is 6.07 Å². The molecule has 3 N–H and O–H groups in total. The average Bonchev–Trinajstić information content (AvgIpc) is 2.14. The zero-order chi connectivity index (χ0) is 10.6. The maximum absolute atomic E-state index is 11.1. The normalized spacial score (nSPS) is 12.5. The summed E-state index contributed by atoms with van der Waals surface area (Å²) in [7, 11) is 0. The predicted octanol–water partition coefficient (Wildman–Crippen LogP) is 0.125. The Morgan fingerprint density at radius 2 is 2.43 bits per heavy atom. The van der Waals surface area contributed by atoms with Crippen molar-refractivity contribution in [2.24, 2.45) is 0 Å². The molecule has 5 nitrogen and oxygen atoms in total. The summed E-state index contributed by atoms with van der Waals surface area (Å²) in [6, 6.07) is 1.47. The summed E-state index contributed by atoms with van der Waals surface area (Å²) in [5, 5.41) is 11.9. The second-order valence-electron chi connectivity index (χ2n) is 3.17. The number of anilines is 1. The molecule has 0 fully saturated rings. The first-order valence-electron chi connectivity index (χ1n) is 4.64. The Bertz CT molecular complexity index is 346. The summed E-state index contributed by atoms with van der Waals surface area (Å²) in [6.45, 7) is 3.96. The van der Waals surface area contributed by atoms with Crippen molar-refractivity contribution in [1.82, 2.24) is 9.97 Å². The molecule has 1 rings (SSSR count). The van der Waals surface area contributed by atoms with Crippen molar-refractivity contribution >= 4 is 5.95 Å². The van der Waals surface area contributed by atoms with Gasteiger partial charge in [0.05, 0.1) is 6.10 Å². The van der Waals surface area contributed by atoms with Gasteiger partial charge in [0.25, 0.3) is 5.56 Å². The van der Waals surface area contributed by atoms with Gasteiger partial charge in [-0.25, -0.2) is 4.98 Å². The minimum absolute atomic E-state index is 0.176. The van der Waals surface area contributed by atoms with Crippen LogP contribution in [0.2, 0.25) is 0 Å². The number of H-pyrrole nitrogens is 1. The smallest absolute Gasteiger partial charge is 0.252 e. The van der Waals surface area contributed by atoms with E-state index in [-0.39, 0.29) is 5.56 Å². The van der Waals surface area contributed by atoms with Crippen LogP contribution >= 0.6 is 0 Å². The number of hydrogen-bond acceptors (Lipinski definition) is 4. The maximum atomic E-state index is 11.1.